The number of nitrogens with zero attached hydrogens (tertiary/aromatic N) is 2. The molecule has 6 heteroatoms. The molecule has 2 aromatic carbocycles. The fraction of sp³-hybridized carbons (Fsp3) is 0.300. The molecule has 5 nitrogen and oxygen atoms in total. The molecule has 134 valence electrons. The summed E-state index contributed by atoms with van der Waals surface area (Å²) in [6, 6.07) is 11.1. The lowest BCUT2D eigenvalue weighted by atomic mass is 9.79. The minimum Gasteiger partial charge on any atom is -0.493 e. The van der Waals surface area contributed by atoms with E-state index in [9.17, 15) is 4.79 Å². The van der Waals surface area contributed by atoms with Crippen molar-refractivity contribution in [3.05, 3.63) is 52.5 Å². The number of ether oxygens (including phenoxy) is 2. The third kappa shape index (κ3) is 2.82. The Bertz CT molecular complexity index is 893. The van der Waals surface area contributed by atoms with Crippen LogP contribution in [-0.4, -0.2) is 25.8 Å². The Morgan fingerprint density at radius 1 is 1.12 bits per heavy atom. The van der Waals surface area contributed by atoms with Gasteiger partial charge in [-0.3, -0.25) is 4.79 Å². The predicted octanol–water partition coefficient (Wildman–Crippen LogP) is 4.06. The van der Waals surface area contributed by atoms with Crippen molar-refractivity contribution >= 4 is 28.9 Å². The highest BCUT2D eigenvalue weighted by atomic mass is 35.5. The fourth-order valence-corrected chi connectivity index (χ4v) is 3.76. The highest BCUT2D eigenvalue weighted by molar-refractivity contribution is 6.30. The van der Waals surface area contributed by atoms with E-state index >= 15 is 0 Å². The van der Waals surface area contributed by atoms with Crippen molar-refractivity contribution in [3.8, 4) is 11.5 Å². The van der Waals surface area contributed by atoms with Crippen LogP contribution in [0.15, 0.2) is 41.5 Å². The van der Waals surface area contributed by atoms with Crippen molar-refractivity contribution in [2.24, 2.45) is 11.0 Å². The van der Waals surface area contributed by atoms with Crippen LogP contribution in [0.5, 0.6) is 11.5 Å². The van der Waals surface area contributed by atoms with Gasteiger partial charge in [0.2, 0.25) is 5.91 Å². The largest absolute Gasteiger partial charge is 0.493 e. The third-order valence-electron chi connectivity index (χ3n) is 4.97. The monoisotopic (exact) mass is 370 g/mol. The van der Waals surface area contributed by atoms with Crippen LogP contribution in [-0.2, 0) is 11.2 Å². The van der Waals surface area contributed by atoms with Gasteiger partial charge in [0, 0.05) is 22.9 Å². The highest BCUT2D eigenvalue weighted by Crippen LogP contribution is 2.39. The zero-order valence-corrected chi connectivity index (χ0v) is 15.4. The first kappa shape index (κ1) is 16.9. The van der Waals surface area contributed by atoms with Gasteiger partial charge < -0.3 is 9.47 Å². The summed E-state index contributed by atoms with van der Waals surface area (Å²) in [5.74, 6) is 1.53. The number of benzene rings is 2. The lowest BCUT2D eigenvalue weighted by Gasteiger charge is -2.33. The molecule has 0 radical (unpaired) electrons. The number of amides is 1. The Morgan fingerprint density at radius 2 is 1.81 bits per heavy atom. The molecule has 0 bridgehead atoms. The van der Waals surface area contributed by atoms with Gasteiger partial charge in [0.1, 0.15) is 0 Å². The van der Waals surface area contributed by atoms with Crippen molar-refractivity contribution in [1.29, 1.82) is 0 Å². The van der Waals surface area contributed by atoms with E-state index in [2.05, 4.69) is 0 Å². The van der Waals surface area contributed by atoms with Crippen molar-refractivity contribution in [2.45, 2.75) is 19.3 Å². The van der Waals surface area contributed by atoms with E-state index in [0.717, 1.165) is 29.8 Å². The Balaban J connectivity index is 1.81. The Morgan fingerprint density at radius 3 is 2.50 bits per heavy atom. The number of carbonyl (C=O) groups is 1. The number of aryl methyl sites for hydroxylation is 1. The van der Waals surface area contributed by atoms with Crippen LogP contribution in [0.2, 0.25) is 5.02 Å². The lowest BCUT2D eigenvalue weighted by molar-refractivity contribution is -0.119. The molecule has 0 saturated heterocycles. The topological polar surface area (TPSA) is 51.1 Å². The van der Waals surface area contributed by atoms with Crippen molar-refractivity contribution in [1.82, 2.24) is 0 Å². The van der Waals surface area contributed by atoms with Crippen molar-refractivity contribution in [2.75, 3.05) is 19.2 Å². The molecule has 0 aromatic heterocycles. The number of anilines is 1. The summed E-state index contributed by atoms with van der Waals surface area (Å²) < 4.78 is 10.9. The van der Waals surface area contributed by atoms with E-state index in [4.69, 9.17) is 26.2 Å². The number of rotatable bonds is 3. The number of hydrazone groups is 1. The van der Waals surface area contributed by atoms with Gasteiger partial charge in [0.25, 0.3) is 0 Å². The van der Waals surface area contributed by atoms with Crippen LogP contribution < -0.4 is 14.5 Å². The van der Waals surface area contributed by atoms with Gasteiger partial charge in [-0.15, -0.1) is 0 Å². The van der Waals surface area contributed by atoms with Gasteiger partial charge in [0.15, 0.2) is 11.5 Å². The molecule has 4 rings (SSSR count). The van der Waals surface area contributed by atoms with E-state index in [1.54, 1.807) is 26.4 Å². The summed E-state index contributed by atoms with van der Waals surface area (Å²) in [5.41, 5.74) is 3.85. The van der Waals surface area contributed by atoms with Crippen LogP contribution in [0.1, 0.15) is 24.0 Å². The molecule has 1 unspecified atom stereocenters. The van der Waals surface area contributed by atoms with Gasteiger partial charge in [-0.2, -0.15) is 5.10 Å². The summed E-state index contributed by atoms with van der Waals surface area (Å²) in [4.78, 5) is 12.6. The minimum absolute atomic E-state index is 0.00463. The minimum atomic E-state index is 0.00463. The molecule has 1 aliphatic carbocycles. The summed E-state index contributed by atoms with van der Waals surface area (Å²) >= 11 is 5.96. The maximum Gasteiger partial charge on any atom is 0.248 e. The predicted molar refractivity (Wildman–Crippen MR) is 101 cm³/mol. The molecule has 1 heterocycles. The fourth-order valence-electron chi connectivity index (χ4n) is 3.63. The second kappa shape index (κ2) is 6.65. The SMILES string of the molecule is COc1cc2c(cc1OC)C1=NN(c3ccc(Cl)cc3)C(=O)CC1CC2. The molecule has 0 fully saturated rings. The molecule has 0 saturated carbocycles. The standard InChI is InChI=1S/C20H19ClN2O3/c1-25-17-9-12-3-4-13-10-19(24)23(15-7-5-14(21)6-8-15)22-20(13)16(12)11-18(17)26-2/h5-9,11,13H,3-4,10H2,1-2H3. The summed E-state index contributed by atoms with van der Waals surface area (Å²) in [6.45, 7) is 0. The Hall–Kier alpha value is -2.53. The van der Waals surface area contributed by atoms with Crippen LogP contribution in [0.3, 0.4) is 0 Å². The second-order valence-electron chi connectivity index (χ2n) is 6.47. The average molecular weight is 371 g/mol. The third-order valence-corrected chi connectivity index (χ3v) is 5.22. The van der Waals surface area contributed by atoms with E-state index in [1.807, 2.05) is 24.3 Å². The number of hydrogen-bond donors (Lipinski definition) is 0. The van der Waals surface area contributed by atoms with Crippen LogP contribution in [0.25, 0.3) is 0 Å². The van der Waals surface area contributed by atoms with Gasteiger partial charge >= 0.3 is 0 Å². The van der Waals surface area contributed by atoms with Crippen LogP contribution in [0.4, 0.5) is 5.69 Å². The lowest BCUT2D eigenvalue weighted by Crippen LogP contribution is -2.39. The summed E-state index contributed by atoms with van der Waals surface area (Å²) in [7, 11) is 3.26. The zero-order chi connectivity index (χ0) is 18.3. The number of halogens is 1. The number of fused-ring (bicyclic) bond motifs is 3. The summed E-state index contributed by atoms with van der Waals surface area (Å²) in [5, 5.41) is 6.83. The normalized spacial score (nSPS) is 18.7. The zero-order valence-electron chi connectivity index (χ0n) is 14.7. The second-order valence-corrected chi connectivity index (χ2v) is 6.91. The molecule has 2 aromatic rings. The van der Waals surface area contributed by atoms with Crippen molar-refractivity contribution < 1.29 is 14.3 Å². The van der Waals surface area contributed by atoms with Crippen LogP contribution in [0, 0.1) is 5.92 Å². The van der Waals surface area contributed by atoms with Gasteiger partial charge in [-0.1, -0.05) is 11.6 Å². The van der Waals surface area contributed by atoms with Gasteiger partial charge in [-0.05, 0) is 54.8 Å². The van der Waals surface area contributed by atoms with E-state index in [1.165, 1.54) is 10.6 Å². The van der Waals surface area contributed by atoms with Crippen LogP contribution >= 0.6 is 11.6 Å². The molecule has 1 atom stereocenters. The average Bonchev–Trinajstić information content (AvgIpc) is 2.67. The van der Waals surface area contributed by atoms with Gasteiger partial charge in [0.05, 0.1) is 25.6 Å². The quantitative estimate of drug-likeness (QED) is 0.818. The molecule has 2 aliphatic rings. The molecule has 26 heavy (non-hydrogen) atoms. The first-order valence-corrected chi connectivity index (χ1v) is 8.90. The first-order chi connectivity index (χ1) is 12.6. The Kier molecular flexibility index (Phi) is 4.32. The molecule has 1 aliphatic heterocycles. The number of hydrogen-bond acceptors (Lipinski definition) is 4. The van der Waals surface area contributed by atoms with Crippen molar-refractivity contribution in [3.63, 3.8) is 0 Å². The maximum atomic E-state index is 12.6. The highest BCUT2D eigenvalue weighted by Gasteiger charge is 2.35. The van der Waals surface area contributed by atoms with E-state index < -0.39 is 0 Å². The van der Waals surface area contributed by atoms with E-state index in [0.29, 0.717) is 22.9 Å². The smallest absolute Gasteiger partial charge is 0.248 e. The summed E-state index contributed by atoms with van der Waals surface area (Å²) in [6.07, 6.45) is 2.25. The van der Waals surface area contributed by atoms with E-state index in [-0.39, 0.29) is 11.8 Å². The molecule has 1 amide bonds. The Labute approximate surface area is 157 Å². The number of methoxy groups -OCH3 is 2. The molecular weight excluding hydrogens is 352 g/mol. The molecular formula is C20H19ClN2O3. The number of carbonyl (C=O) groups excluding carboxylic acids is 1. The van der Waals surface area contributed by atoms with Gasteiger partial charge in [-0.25, -0.2) is 5.01 Å². The molecule has 0 spiro atoms. The first-order valence-electron chi connectivity index (χ1n) is 8.53. The molecule has 0 N–H and O–H groups in total. The maximum absolute atomic E-state index is 12.6.